The number of halogens is 3. The smallest absolute Gasteiger partial charge is 0.416 e. The maximum absolute atomic E-state index is 14.5. The Balaban J connectivity index is 0.953. The zero-order chi connectivity index (χ0) is 48.0. The quantitative estimate of drug-likeness (QED) is 0.171. The molecule has 10 aromatic carbocycles. The van der Waals surface area contributed by atoms with E-state index < -0.39 is 17.2 Å². The van der Waals surface area contributed by atoms with Crippen LogP contribution >= 0.6 is 0 Å². The Morgan fingerprint density at radius 3 is 1.82 bits per heavy atom. The van der Waals surface area contributed by atoms with Gasteiger partial charge in [0.05, 0.1) is 11.0 Å². The van der Waals surface area contributed by atoms with Crippen molar-refractivity contribution in [3.8, 4) is 55.6 Å². The Kier molecular flexibility index (Phi) is 8.66. The van der Waals surface area contributed by atoms with Crippen molar-refractivity contribution in [2.24, 2.45) is 0 Å². The van der Waals surface area contributed by atoms with Gasteiger partial charge in [-0.3, -0.25) is 0 Å². The maximum atomic E-state index is 14.5. The van der Waals surface area contributed by atoms with Crippen LogP contribution in [0.25, 0.3) is 77.6 Å². The summed E-state index contributed by atoms with van der Waals surface area (Å²) in [5.74, 6) is 0. The van der Waals surface area contributed by atoms with Gasteiger partial charge in [-0.2, -0.15) is 13.2 Å². The van der Waals surface area contributed by atoms with Crippen LogP contribution in [0.4, 0.5) is 30.2 Å². The minimum absolute atomic E-state index is 0.213. The summed E-state index contributed by atoms with van der Waals surface area (Å²) in [5.41, 5.74) is 21.0. The number of rotatable bonds is 5. The van der Waals surface area contributed by atoms with E-state index in [2.05, 4.69) is 195 Å². The Morgan fingerprint density at radius 2 is 1.00 bits per heavy atom. The van der Waals surface area contributed by atoms with Crippen LogP contribution in [-0.4, -0.2) is 0 Å². The predicted octanol–water partition coefficient (Wildman–Crippen LogP) is 18.4. The van der Waals surface area contributed by atoms with Crippen LogP contribution in [0.1, 0.15) is 58.4 Å². The fourth-order valence-corrected chi connectivity index (χ4v) is 12.6. The molecule has 0 saturated heterocycles. The van der Waals surface area contributed by atoms with Gasteiger partial charge in [0.15, 0.2) is 0 Å². The number of nitrogens with zero attached hydrogens (tertiary/aromatic N) is 1. The van der Waals surface area contributed by atoms with Crippen LogP contribution in [0.15, 0.2) is 217 Å². The summed E-state index contributed by atoms with van der Waals surface area (Å²) >= 11 is 0. The van der Waals surface area contributed by atoms with Crippen molar-refractivity contribution in [3.05, 3.63) is 257 Å². The summed E-state index contributed by atoms with van der Waals surface area (Å²) in [6.45, 7) is 6.64. The number of hydrogen-bond donors (Lipinski definition) is 0. The summed E-state index contributed by atoms with van der Waals surface area (Å²) in [5, 5.41) is 2.20. The van der Waals surface area contributed by atoms with E-state index in [4.69, 9.17) is 4.42 Å². The number of alkyl halides is 3. The van der Waals surface area contributed by atoms with Gasteiger partial charge in [0.1, 0.15) is 11.2 Å². The third-order valence-corrected chi connectivity index (χ3v) is 15.8. The highest BCUT2D eigenvalue weighted by Gasteiger charge is 2.53. The first-order chi connectivity index (χ1) is 34.5. The normalized spacial score (nSPS) is 15.6. The summed E-state index contributed by atoms with van der Waals surface area (Å²) in [6, 6.07) is 73.3. The van der Waals surface area contributed by atoms with E-state index in [9.17, 15) is 13.2 Å². The number of anilines is 3. The van der Waals surface area contributed by atoms with E-state index >= 15 is 0 Å². The van der Waals surface area contributed by atoms with Gasteiger partial charge in [0.2, 0.25) is 0 Å². The molecule has 1 heterocycles. The second kappa shape index (κ2) is 14.8. The van der Waals surface area contributed by atoms with Crippen LogP contribution in [-0.2, 0) is 17.0 Å². The molecule has 0 N–H and O–H groups in total. The Hall–Kier alpha value is -8.41. The lowest BCUT2D eigenvalue weighted by atomic mass is 9.68. The monoisotopic (exact) mass is 923 g/mol. The molecule has 0 saturated carbocycles. The number of para-hydroxylation sites is 1. The van der Waals surface area contributed by atoms with Crippen LogP contribution in [0.3, 0.4) is 0 Å². The van der Waals surface area contributed by atoms with Gasteiger partial charge in [0.25, 0.3) is 0 Å². The van der Waals surface area contributed by atoms with E-state index in [1.807, 2.05) is 25.1 Å². The highest BCUT2D eigenvalue weighted by molar-refractivity contribution is 6.06. The highest BCUT2D eigenvalue weighted by Crippen LogP contribution is 2.65. The second-order valence-electron chi connectivity index (χ2n) is 20.0. The molecule has 2 nitrogen and oxygen atoms in total. The van der Waals surface area contributed by atoms with E-state index in [1.165, 1.54) is 34.4 Å². The predicted molar refractivity (Wildman–Crippen MR) is 283 cm³/mol. The average Bonchev–Trinajstić information content (AvgIpc) is 4.08. The molecule has 5 heteroatoms. The molecular formula is C66H44F3NO. The summed E-state index contributed by atoms with van der Waals surface area (Å²) in [7, 11) is 0. The molecule has 0 aliphatic heterocycles. The van der Waals surface area contributed by atoms with Crippen molar-refractivity contribution in [1.29, 1.82) is 0 Å². The Bertz CT molecular complexity index is 4040. The topological polar surface area (TPSA) is 16.4 Å². The molecule has 0 radical (unpaired) electrons. The standard InChI is InChI=1S/C66H44F3NO/c1-39-22-32-58-54(34-39)55-37-43(66(67,68)69)26-33-59(55)65(58)57-20-8-5-15-49(57)53-18-11-17-47(63(53)65)42-12-10-13-45(35-42)70(46-29-31-50-48-14-4-7-19-56(48)64(2,3)60(50)38-46)44-27-23-40(24-28-44)41-25-30-52-51-16-6-9-21-61(51)71-62(52)36-41/h4-38H,1-3H3. The van der Waals surface area contributed by atoms with Gasteiger partial charge in [-0.05, 0) is 163 Å². The number of hydrogen-bond acceptors (Lipinski definition) is 2. The third-order valence-electron chi connectivity index (χ3n) is 15.8. The molecule has 1 spiro atoms. The third kappa shape index (κ3) is 5.90. The van der Waals surface area contributed by atoms with Gasteiger partial charge >= 0.3 is 6.18 Å². The highest BCUT2D eigenvalue weighted by atomic mass is 19.4. The first kappa shape index (κ1) is 41.6. The summed E-state index contributed by atoms with van der Waals surface area (Å²) < 4.78 is 49.9. The van der Waals surface area contributed by atoms with Gasteiger partial charge in [0, 0.05) is 33.2 Å². The molecule has 11 aromatic rings. The molecule has 1 unspecified atom stereocenters. The lowest BCUT2D eigenvalue weighted by Crippen LogP contribution is -2.26. The molecule has 3 aliphatic carbocycles. The molecule has 3 aliphatic rings. The van der Waals surface area contributed by atoms with Crippen molar-refractivity contribution in [3.63, 3.8) is 0 Å². The van der Waals surface area contributed by atoms with Crippen LogP contribution in [0.5, 0.6) is 0 Å². The van der Waals surface area contributed by atoms with Crippen molar-refractivity contribution < 1.29 is 17.6 Å². The molecule has 0 amide bonds. The van der Waals surface area contributed by atoms with Gasteiger partial charge in [-0.1, -0.05) is 165 Å². The summed E-state index contributed by atoms with van der Waals surface area (Å²) in [6.07, 6.45) is -4.49. The minimum Gasteiger partial charge on any atom is -0.456 e. The first-order valence-electron chi connectivity index (χ1n) is 24.2. The Morgan fingerprint density at radius 1 is 0.394 bits per heavy atom. The minimum atomic E-state index is -4.49. The fraction of sp³-hybridized carbons (Fsp3) is 0.0909. The zero-order valence-corrected chi connectivity index (χ0v) is 39.2. The van der Waals surface area contributed by atoms with Crippen LogP contribution in [0.2, 0.25) is 0 Å². The van der Waals surface area contributed by atoms with Crippen molar-refractivity contribution in [2.45, 2.75) is 37.8 Å². The van der Waals surface area contributed by atoms with Crippen molar-refractivity contribution in [2.75, 3.05) is 4.90 Å². The SMILES string of the molecule is Cc1ccc2c(c1)-c1cc(C(F)(F)F)ccc1C21c2ccccc2-c2cccc(-c3cccc(N(c4ccc(-c5ccc6c(c5)oc5ccccc56)cc4)c4ccc5c(c4)C(C)(C)c4ccccc4-5)c3)c21. The number of furan rings is 1. The molecule has 14 rings (SSSR count). The van der Waals surface area contributed by atoms with E-state index in [1.54, 1.807) is 6.07 Å². The molecule has 0 fully saturated rings. The fourth-order valence-electron chi connectivity index (χ4n) is 12.6. The second-order valence-corrected chi connectivity index (χ2v) is 20.0. The lowest BCUT2D eigenvalue weighted by Gasteiger charge is -2.33. The molecule has 0 bridgehead atoms. The van der Waals surface area contributed by atoms with Crippen molar-refractivity contribution in [1.82, 2.24) is 0 Å². The van der Waals surface area contributed by atoms with E-state index in [-0.39, 0.29) is 5.41 Å². The maximum Gasteiger partial charge on any atom is 0.416 e. The number of benzene rings is 10. The van der Waals surface area contributed by atoms with Gasteiger partial charge in [-0.25, -0.2) is 0 Å². The van der Waals surface area contributed by atoms with E-state index in [0.29, 0.717) is 5.56 Å². The molecule has 71 heavy (non-hydrogen) atoms. The molecule has 1 aromatic heterocycles. The van der Waals surface area contributed by atoms with Crippen LogP contribution < -0.4 is 4.90 Å². The number of aryl methyl sites for hydroxylation is 1. The summed E-state index contributed by atoms with van der Waals surface area (Å²) in [4.78, 5) is 2.35. The molecular weight excluding hydrogens is 880 g/mol. The van der Waals surface area contributed by atoms with Gasteiger partial charge in [-0.15, -0.1) is 0 Å². The number of fused-ring (bicyclic) bond motifs is 16. The largest absolute Gasteiger partial charge is 0.456 e. The van der Waals surface area contributed by atoms with Crippen LogP contribution in [0, 0.1) is 6.92 Å². The molecule has 1 atom stereocenters. The average molecular weight is 924 g/mol. The molecule has 340 valence electrons. The zero-order valence-electron chi connectivity index (χ0n) is 39.2. The van der Waals surface area contributed by atoms with Crippen molar-refractivity contribution >= 4 is 39.0 Å². The lowest BCUT2D eigenvalue weighted by molar-refractivity contribution is -0.137. The van der Waals surface area contributed by atoms with E-state index in [0.717, 1.165) is 106 Å². The Labute approximate surface area is 409 Å². The first-order valence-corrected chi connectivity index (χ1v) is 24.2. The van der Waals surface area contributed by atoms with Gasteiger partial charge < -0.3 is 9.32 Å².